The first-order valence-electron chi connectivity index (χ1n) is 8.70. The Hall–Kier alpha value is -2.83. The Bertz CT molecular complexity index is 807. The molecule has 1 aliphatic rings. The first-order valence-corrected chi connectivity index (χ1v) is 8.70. The Balaban J connectivity index is 1.50. The number of piperazine rings is 1. The summed E-state index contributed by atoms with van der Waals surface area (Å²) in [5.74, 6) is -0.691. The molecule has 2 heterocycles. The van der Waals surface area contributed by atoms with Crippen LogP contribution in [0.25, 0.3) is 0 Å². The SMILES string of the molecule is Cc1cccc(N2CCN(C(=O)COC(=O)c3cnn(C)c3)CC2)c1C. The fourth-order valence-electron chi connectivity index (χ4n) is 3.10. The second-order valence-electron chi connectivity index (χ2n) is 6.57. The molecule has 2 aromatic rings. The van der Waals surface area contributed by atoms with Gasteiger partial charge < -0.3 is 14.5 Å². The number of aryl methyl sites for hydroxylation is 2. The van der Waals surface area contributed by atoms with Gasteiger partial charge in [-0.2, -0.15) is 5.10 Å². The van der Waals surface area contributed by atoms with Crippen LogP contribution in [0.5, 0.6) is 0 Å². The summed E-state index contributed by atoms with van der Waals surface area (Å²) < 4.78 is 6.62. The zero-order valence-corrected chi connectivity index (χ0v) is 15.4. The molecule has 0 unspecified atom stereocenters. The number of nitrogens with zero attached hydrogens (tertiary/aromatic N) is 4. The molecular formula is C19H24N4O3. The summed E-state index contributed by atoms with van der Waals surface area (Å²) in [5.41, 5.74) is 4.11. The molecule has 0 radical (unpaired) electrons. The van der Waals surface area contributed by atoms with E-state index in [1.54, 1.807) is 18.1 Å². The number of rotatable bonds is 4. The van der Waals surface area contributed by atoms with Crippen molar-refractivity contribution in [3.8, 4) is 0 Å². The van der Waals surface area contributed by atoms with E-state index in [4.69, 9.17) is 4.74 Å². The number of hydrogen-bond donors (Lipinski definition) is 0. The molecule has 1 aliphatic heterocycles. The number of esters is 1. The lowest BCUT2D eigenvalue weighted by molar-refractivity contribution is -0.134. The lowest BCUT2D eigenvalue weighted by atomic mass is 10.1. The minimum absolute atomic E-state index is 0.164. The van der Waals surface area contributed by atoms with E-state index in [0.717, 1.165) is 13.1 Å². The van der Waals surface area contributed by atoms with Crippen molar-refractivity contribution >= 4 is 17.6 Å². The third-order valence-electron chi connectivity index (χ3n) is 4.82. The van der Waals surface area contributed by atoms with E-state index in [2.05, 4.69) is 42.0 Å². The third-order valence-corrected chi connectivity index (χ3v) is 4.82. The van der Waals surface area contributed by atoms with Gasteiger partial charge >= 0.3 is 5.97 Å². The number of amides is 1. The topological polar surface area (TPSA) is 67.7 Å². The first kappa shape index (κ1) is 18.0. The predicted molar refractivity (Wildman–Crippen MR) is 98.2 cm³/mol. The quantitative estimate of drug-likeness (QED) is 0.778. The molecule has 1 amide bonds. The average Bonchev–Trinajstić information content (AvgIpc) is 3.08. The molecule has 138 valence electrons. The maximum Gasteiger partial charge on any atom is 0.341 e. The van der Waals surface area contributed by atoms with Gasteiger partial charge in [0.05, 0.1) is 11.8 Å². The number of carbonyl (C=O) groups excluding carboxylic acids is 2. The molecule has 1 saturated heterocycles. The van der Waals surface area contributed by atoms with Gasteiger partial charge in [0, 0.05) is 45.1 Å². The normalized spacial score (nSPS) is 14.4. The van der Waals surface area contributed by atoms with Crippen LogP contribution in [0.3, 0.4) is 0 Å². The van der Waals surface area contributed by atoms with Crippen molar-refractivity contribution in [1.82, 2.24) is 14.7 Å². The molecule has 0 N–H and O–H groups in total. The Labute approximate surface area is 153 Å². The predicted octanol–water partition coefficient (Wildman–Crippen LogP) is 1.54. The van der Waals surface area contributed by atoms with Gasteiger partial charge in [-0.25, -0.2) is 4.79 Å². The zero-order valence-electron chi connectivity index (χ0n) is 15.4. The van der Waals surface area contributed by atoms with Gasteiger partial charge in [-0.15, -0.1) is 0 Å². The maximum atomic E-state index is 12.3. The second-order valence-corrected chi connectivity index (χ2v) is 6.57. The summed E-state index contributed by atoms with van der Waals surface area (Å²) in [6.07, 6.45) is 2.99. The van der Waals surface area contributed by atoms with Gasteiger partial charge in [-0.1, -0.05) is 12.1 Å². The molecule has 0 aliphatic carbocycles. The van der Waals surface area contributed by atoms with Crippen molar-refractivity contribution < 1.29 is 14.3 Å². The van der Waals surface area contributed by atoms with Crippen LogP contribution in [0.15, 0.2) is 30.6 Å². The molecule has 3 rings (SSSR count). The summed E-state index contributed by atoms with van der Waals surface area (Å²) >= 11 is 0. The van der Waals surface area contributed by atoms with Crippen LogP contribution in [0, 0.1) is 13.8 Å². The van der Waals surface area contributed by atoms with Crippen molar-refractivity contribution in [3.05, 3.63) is 47.3 Å². The molecule has 1 aromatic heterocycles. The van der Waals surface area contributed by atoms with Crippen LogP contribution in [0.4, 0.5) is 5.69 Å². The molecule has 0 saturated carbocycles. The Morgan fingerprint density at radius 1 is 1.15 bits per heavy atom. The number of hydrogen-bond acceptors (Lipinski definition) is 5. The minimum atomic E-state index is -0.527. The van der Waals surface area contributed by atoms with E-state index in [1.807, 2.05) is 0 Å². The van der Waals surface area contributed by atoms with Gasteiger partial charge in [-0.05, 0) is 31.0 Å². The van der Waals surface area contributed by atoms with E-state index < -0.39 is 5.97 Å². The number of benzene rings is 1. The van der Waals surface area contributed by atoms with Crippen molar-refractivity contribution in [2.24, 2.45) is 7.05 Å². The lowest BCUT2D eigenvalue weighted by Crippen LogP contribution is -2.50. The Morgan fingerprint density at radius 2 is 1.88 bits per heavy atom. The average molecular weight is 356 g/mol. The number of ether oxygens (including phenoxy) is 1. The van der Waals surface area contributed by atoms with Gasteiger partial charge in [0.2, 0.25) is 0 Å². The van der Waals surface area contributed by atoms with Crippen LogP contribution in [-0.4, -0.2) is 59.3 Å². The largest absolute Gasteiger partial charge is 0.452 e. The maximum absolute atomic E-state index is 12.3. The highest BCUT2D eigenvalue weighted by Crippen LogP contribution is 2.23. The van der Waals surface area contributed by atoms with E-state index in [9.17, 15) is 9.59 Å². The summed E-state index contributed by atoms with van der Waals surface area (Å²) in [5, 5.41) is 3.92. The van der Waals surface area contributed by atoms with Crippen molar-refractivity contribution in [1.29, 1.82) is 0 Å². The Kier molecular flexibility index (Phi) is 5.25. The smallest absolute Gasteiger partial charge is 0.341 e. The summed E-state index contributed by atoms with van der Waals surface area (Å²) in [6, 6.07) is 6.29. The summed E-state index contributed by atoms with van der Waals surface area (Å²) in [6.45, 7) is 6.78. The van der Waals surface area contributed by atoms with Crippen LogP contribution in [0.2, 0.25) is 0 Å². The zero-order chi connectivity index (χ0) is 18.7. The highest BCUT2D eigenvalue weighted by molar-refractivity contribution is 5.90. The second kappa shape index (κ2) is 7.59. The molecule has 1 aromatic carbocycles. The number of aromatic nitrogens is 2. The van der Waals surface area contributed by atoms with Gasteiger partial charge in [-0.3, -0.25) is 9.48 Å². The number of carbonyl (C=O) groups is 2. The molecule has 26 heavy (non-hydrogen) atoms. The summed E-state index contributed by atoms with van der Waals surface area (Å²) in [7, 11) is 1.72. The molecule has 0 bridgehead atoms. The van der Waals surface area contributed by atoms with E-state index in [-0.39, 0.29) is 12.5 Å². The van der Waals surface area contributed by atoms with Crippen LogP contribution in [0.1, 0.15) is 21.5 Å². The fraction of sp³-hybridized carbons (Fsp3) is 0.421. The van der Waals surface area contributed by atoms with Crippen LogP contribution >= 0.6 is 0 Å². The van der Waals surface area contributed by atoms with Crippen molar-refractivity contribution in [2.45, 2.75) is 13.8 Å². The molecule has 7 nitrogen and oxygen atoms in total. The van der Waals surface area contributed by atoms with Crippen LogP contribution < -0.4 is 4.90 Å². The van der Waals surface area contributed by atoms with Crippen molar-refractivity contribution in [3.63, 3.8) is 0 Å². The molecule has 0 atom stereocenters. The van der Waals surface area contributed by atoms with Gasteiger partial charge in [0.15, 0.2) is 6.61 Å². The highest BCUT2D eigenvalue weighted by Gasteiger charge is 2.23. The van der Waals surface area contributed by atoms with Crippen LogP contribution in [-0.2, 0) is 16.6 Å². The standard InChI is InChI=1S/C19H24N4O3/c1-14-5-4-6-17(15(14)2)22-7-9-23(10-8-22)18(24)13-26-19(25)16-11-20-21(3)12-16/h4-6,11-12H,7-10,13H2,1-3H3. The molecule has 0 spiro atoms. The highest BCUT2D eigenvalue weighted by atomic mass is 16.5. The Morgan fingerprint density at radius 3 is 2.54 bits per heavy atom. The van der Waals surface area contributed by atoms with E-state index in [1.165, 1.54) is 27.7 Å². The fourth-order valence-corrected chi connectivity index (χ4v) is 3.10. The molecular weight excluding hydrogens is 332 g/mol. The van der Waals surface area contributed by atoms with Gasteiger partial charge in [0.1, 0.15) is 0 Å². The summed E-state index contributed by atoms with van der Waals surface area (Å²) in [4.78, 5) is 28.3. The van der Waals surface area contributed by atoms with E-state index in [0.29, 0.717) is 18.7 Å². The first-order chi connectivity index (χ1) is 12.5. The number of anilines is 1. The molecule has 7 heteroatoms. The third kappa shape index (κ3) is 3.87. The lowest BCUT2D eigenvalue weighted by Gasteiger charge is -2.37. The van der Waals surface area contributed by atoms with Crippen molar-refractivity contribution in [2.75, 3.05) is 37.7 Å². The van der Waals surface area contributed by atoms with Gasteiger partial charge in [0.25, 0.3) is 5.91 Å². The molecule has 1 fully saturated rings. The van der Waals surface area contributed by atoms with E-state index >= 15 is 0 Å². The minimum Gasteiger partial charge on any atom is -0.452 e. The monoisotopic (exact) mass is 356 g/mol.